The highest BCUT2D eigenvalue weighted by Gasteiger charge is 2.38. The molecule has 0 aromatic heterocycles. The van der Waals surface area contributed by atoms with Crippen molar-refractivity contribution >= 4 is 18.0 Å². The van der Waals surface area contributed by atoms with E-state index in [1.165, 1.54) is 6.92 Å². The Balaban J connectivity index is 1.69. The molecule has 1 unspecified atom stereocenters. The minimum absolute atomic E-state index is 0.0369. The molecule has 2 atom stereocenters. The van der Waals surface area contributed by atoms with Gasteiger partial charge in [-0.05, 0) is 28.7 Å². The second kappa shape index (κ2) is 9.93. The largest absolute Gasteiger partial charge is 0.480 e. The Morgan fingerprint density at radius 2 is 1.52 bits per heavy atom. The number of hydrogen-bond acceptors (Lipinski definition) is 4. The van der Waals surface area contributed by atoms with Crippen molar-refractivity contribution in [3.63, 3.8) is 0 Å². The maximum atomic E-state index is 13.0. The summed E-state index contributed by atoms with van der Waals surface area (Å²) in [7, 11) is 0. The molecule has 1 aliphatic rings. The number of carbonyl (C=O) groups excluding carboxylic acids is 2. The number of alkyl halides is 3. The van der Waals surface area contributed by atoms with Crippen molar-refractivity contribution in [3.05, 3.63) is 59.7 Å². The normalized spacial score (nSPS) is 14.5. The van der Waals surface area contributed by atoms with E-state index >= 15 is 0 Å². The fourth-order valence-corrected chi connectivity index (χ4v) is 3.83. The number of fused-ring (bicyclic) bond motifs is 3. The summed E-state index contributed by atoms with van der Waals surface area (Å²) < 4.78 is 44.1. The van der Waals surface area contributed by atoms with Gasteiger partial charge in [0.05, 0.1) is 6.42 Å². The van der Waals surface area contributed by atoms with Gasteiger partial charge in [-0.1, -0.05) is 55.5 Å². The Bertz CT molecular complexity index is 995. The number of aliphatic carboxylic acids is 1. The number of alkyl carbamates (subject to hydrolysis) is 1. The van der Waals surface area contributed by atoms with E-state index in [1.54, 1.807) is 0 Å². The van der Waals surface area contributed by atoms with Gasteiger partial charge in [0.15, 0.2) is 0 Å². The van der Waals surface area contributed by atoms with Gasteiger partial charge in [-0.3, -0.25) is 4.79 Å². The standard InChI is InChI=1S/C23H23F3N2O5/c1-2-18(21(30)31)27-20(29)19(11-23(24,25)26)28-22(32)33-12-17-15-9-5-3-7-13(15)14-8-4-6-10-16(14)17/h3-10,17-19H,2,11-12H2,1H3,(H,27,29)(H,28,32)(H,30,31)/t18-,19?/m0/s1. The van der Waals surface area contributed by atoms with Crippen LogP contribution in [0.5, 0.6) is 0 Å². The van der Waals surface area contributed by atoms with Gasteiger partial charge in [0.1, 0.15) is 18.7 Å². The molecule has 0 spiro atoms. The van der Waals surface area contributed by atoms with E-state index in [0.717, 1.165) is 22.3 Å². The van der Waals surface area contributed by atoms with E-state index in [1.807, 2.05) is 59.2 Å². The fraction of sp³-hybridized carbons (Fsp3) is 0.348. The summed E-state index contributed by atoms with van der Waals surface area (Å²) in [6.45, 7) is 1.31. The van der Waals surface area contributed by atoms with Crippen molar-refractivity contribution < 1.29 is 37.4 Å². The average molecular weight is 464 g/mol. The number of benzene rings is 2. The molecule has 0 radical (unpaired) electrons. The third kappa shape index (κ3) is 5.82. The molecule has 2 aromatic carbocycles. The van der Waals surface area contributed by atoms with Crippen LogP contribution in [0, 0.1) is 0 Å². The highest BCUT2D eigenvalue weighted by atomic mass is 19.4. The molecule has 0 saturated heterocycles. The Labute approximate surface area is 187 Å². The summed E-state index contributed by atoms with van der Waals surface area (Å²) in [5, 5.41) is 13.0. The van der Waals surface area contributed by atoms with Crippen LogP contribution in [-0.2, 0) is 14.3 Å². The fourth-order valence-electron chi connectivity index (χ4n) is 3.83. The summed E-state index contributed by atoms with van der Waals surface area (Å²) in [5.41, 5.74) is 3.80. The highest BCUT2D eigenvalue weighted by molar-refractivity contribution is 5.89. The molecule has 3 N–H and O–H groups in total. The summed E-state index contributed by atoms with van der Waals surface area (Å²) in [5.74, 6) is -2.96. The van der Waals surface area contributed by atoms with Gasteiger partial charge in [-0.25, -0.2) is 9.59 Å². The predicted octanol–water partition coefficient (Wildman–Crippen LogP) is 3.83. The Morgan fingerprint density at radius 3 is 2.00 bits per heavy atom. The van der Waals surface area contributed by atoms with E-state index < -0.39 is 42.7 Å². The monoisotopic (exact) mass is 464 g/mol. The predicted molar refractivity (Wildman–Crippen MR) is 113 cm³/mol. The minimum Gasteiger partial charge on any atom is -0.480 e. The van der Waals surface area contributed by atoms with Crippen LogP contribution < -0.4 is 10.6 Å². The van der Waals surface area contributed by atoms with Crippen molar-refractivity contribution in [1.82, 2.24) is 10.6 Å². The second-order valence-electron chi connectivity index (χ2n) is 7.65. The molecule has 176 valence electrons. The lowest BCUT2D eigenvalue weighted by Crippen LogP contribution is -2.53. The minimum atomic E-state index is -4.77. The third-order valence-electron chi connectivity index (χ3n) is 5.41. The molecule has 33 heavy (non-hydrogen) atoms. The Kier molecular flexibility index (Phi) is 7.25. The summed E-state index contributed by atoms with van der Waals surface area (Å²) in [6, 6.07) is 11.7. The van der Waals surface area contributed by atoms with Gasteiger partial charge in [-0.2, -0.15) is 13.2 Å². The van der Waals surface area contributed by atoms with Crippen molar-refractivity contribution in [3.8, 4) is 11.1 Å². The quantitative estimate of drug-likeness (QED) is 0.551. The zero-order valence-electron chi connectivity index (χ0n) is 17.7. The van der Waals surface area contributed by atoms with Crippen molar-refractivity contribution in [2.45, 2.75) is 43.9 Å². The molecule has 2 aromatic rings. The number of carboxylic acid groups (broad SMARTS) is 1. The number of hydrogen-bond donors (Lipinski definition) is 3. The number of amides is 2. The molecule has 3 rings (SSSR count). The van der Waals surface area contributed by atoms with Crippen molar-refractivity contribution in [1.29, 1.82) is 0 Å². The smallest absolute Gasteiger partial charge is 0.407 e. The first kappa shape index (κ1) is 24.1. The molecule has 0 saturated carbocycles. The van der Waals surface area contributed by atoms with Gasteiger partial charge in [-0.15, -0.1) is 0 Å². The molecule has 1 aliphatic carbocycles. The maximum Gasteiger partial charge on any atom is 0.407 e. The van der Waals surface area contributed by atoms with Gasteiger partial charge < -0.3 is 20.5 Å². The molecule has 0 fully saturated rings. The van der Waals surface area contributed by atoms with Crippen LogP contribution in [0.15, 0.2) is 48.5 Å². The zero-order chi connectivity index (χ0) is 24.2. The van der Waals surface area contributed by atoms with Crippen LogP contribution >= 0.6 is 0 Å². The lowest BCUT2D eigenvalue weighted by Gasteiger charge is -2.22. The van der Waals surface area contributed by atoms with Crippen LogP contribution in [0.2, 0.25) is 0 Å². The van der Waals surface area contributed by atoms with E-state index in [2.05, 4.69) is 0 Å². The lowest BCUT2D eigenvalue weighted by atomic mass is 9.98. The average Bonchev–Trinajstić information content (AvgIpc) is 3.08. The summed E-state index contributed by atoms with van der Waals surface area (Å²) in [4.78, 5) is 35.7. The second-order valence-corrected chi connectivity index (χ2v) is 7.65. The van der Waals surface area contributed by atoms with Crippen LogP contribution in [0.4, 0.5) is 18.0 Å². The van der Waals surface area contributed by atoms with E-state index in [0.29, 0.717) is 0 Å². The number of carboxylic acids is 1. The molecule has 10 heteroatoms. The number of carbonyl (C=O) groups is 3. The number of rotatable bonds is 8. The van der Waals surface area contributed by atoms with E-state index in [4.69, 9.17) is 9.84 Å². The van der Waals surface area contributed by atoms with E-state index in [9.17, 15) is 27.6 Å². The molecule has 7 nitrogen and oxygen atoms in total. The Morgan fingerprint density at radius 1 is 0.970 bits per heavy atom. The third-order valence-corrected chi connectivity index (χ3v) is 5.41. The van der Waals surface area contributed by atoms with Crippen LogP contribution in [0.3, 0.4) is 0 Å². The molecule has 0 heterocycles. The summed E-state index contributed by atoms with van der Waals surface area (Å²) >= 11 is 0. The van der Waals surface area contributed by atoms with E-state index in [-0.39, 0.29) is 18.9 Å². The molecular formula is C23H23F3N2O5. The number of halogens is 3. The van der Waals surface area contributed by atoms with Gasteiger partial charge in [0.25, 0.3) is 0 Å². The molecular weight excluding hydrogens is 441 g/mol. The first-order valence-corrected chi connectivity index (χ1v) is 10.3. The van der Waals surface area contributed by atoms with Crippen LogP contribution in [-0.4, -0.2) is 47.9 Å². The topological polar surface area (TPSA) is 105 Å². The van der Waals surface area contributed by atoms with Crippen molar-refractivity contribution in [2.75, 3.05) is 6.61 Å². The zero-order valence-corrected chi connectivity index (χ0v) is 17.7. The van der Waals surface area contributed by atoms with Gasteiger partial charge in [0.2, 0.25) is 5.91 Å². The SMILES string of the molecule is CC[C@H](NC(=O)C(CC(F)(F)F)NC(=O)OCC1c2ccccc2-c2ccccc21)C(=O)O. The first-order chi connectivity index (χ1) is 15.6. The molecule has 0 aliphatic heterocycles. The van der Waals surface area contributed by atoms with Crippen molar-refractivity contribution in [2.24, 2.45) is 0 Å². The maximum absolute atomic E-state index is 13.0. The van der Waals surface area contributed by atoms with Gasteiger partial charge >= 0.3 is 18.2 Å². The number of nitrogens with one attached hydrogen (secondary N) is 2. The molecule has 2 amide bonds. The highest BCUT2D eigenvalue weighted by Crippen LogP contribution is 2.44. The first-order valence-electron chi connectivity index (χ1n) is 10.3. The summed E-state index contributed by atoms with van der Waals surface area (Å²) in [6.07, 6.45) is -7.68. The molecule has 0 bridgehead atoms. The lowest BCUT2D eigenvalue weighted by molar-refractivity contribution is -0.150. The van der Waals surface area contributed by atoms with Crippen LogP contribution in [0.1, 0.15) is 36.8 Å². The Hall–Kier alpha value is -3.56. The van der Waals surface area contributed by atoms with Crippen LogP contribution in [0.25, 0.3) is 11.1 Å². The number of ether oxygens (including phenoxy) is 1. The van der Waals surface area contributed by atoms with Gasteiger partial charge in [0, 0.05) is 5.92 Å².